The highest BCUT2D eigenvalue weighted by atomic mass is 16.5. The number of amides is 1. The van der Waals surface area contributed by atoms with Gasteiger partial charge in [0.25, 0.3) is 5.91 Å². The highest BCUT2D eigenvalue weighted by molar-refractivity contribution is 5.91. The molecule has 19 heavy (non-hydrogen) atoms. The van der Waals surface area contributed by atoms with E-state index in [0.717, 1.165) is 44.6 Å². The van der Waals surface area contributed by atoms with Crippen LogP contribution in [0.5, 0.6) is 0 Å². The lowest BCUT2D eigenvalue weighted by molar-refractivity contribution is 0.0697. The average Bonchev–Trinajstić information content (AvgIpc) is 3.05. The monoisotopic (exact) mass is 265 g/mol. The molecular weight excluding hydrogens is 242 g/mol. The number of unbranched alkanes of at least 4 members (excludes halogenated alkanes) is 1. The molecule has 1 amide bonds. The molecule has 1 unspecified atom stereocenters. The normalized spacial score (nSPS) is 18.7. The lowest BCUT2D eigenvalue weighted by atomic mass is 10.2. The van der Waals surface area contributed by atoms with E-state index in [1.54, 1.807) is 6.07 Å². The Morgan fingerprint density at radius 2 is 2.47 bits per heavy atom. The predicted molar refractivity (Wildman–Crippen MR) is 73.1 cm³/mol. The minimum atomic E-state index is -0.0391. The second-order valence-electron chi connectivity index (χ2n) is 5.23. The number of aryl methyl sites for hydroxylation is 1. The Bertz CT molecular complexity index is 411. The van der Waals surface area contributed by atoms with Crippen molar-refractivity contribution in [2.24, 2.45) is 0 Å². The van der Waals surface area contributed by atoms with E-state index in [-0.39, 0.29) is 5.91 Å². The van der Waals surface area contributed by atoms with Crippen molar-refractivity contribution < 1.29 is 9.32 Å². The minimum absolute atomic E-state index is 0.0391. The fraction of sp³-hybridized carbons (Fsp3) is 0.714. The van der Waals surface area contributed by atoms with Crippen molar-refractivity contribution in [2.75, 3.05) is 19.6 Å². The molecule has 5 nitrogen and oxygen atoms in total. The third kappa shape index (κ3) is 3.80. The first-order valence-corrected chi connectivity index (χ1v) is 7.16. The van der Waals surface area contributed by atoms with Crippen LogP contribution in [-0.2, 0) is 0 Å². The van der Waals surface area contributed by atoms with Gasteiger partial charge in [0.15, 0.2) is 0 Å². The fourth-order valence-corrected chi connectivity index (χ4v) is 2.42. The molecule has 1 N–H and O–H groups in total. The average molecular weight is 265 g/mol. The quantitative estimate of drug-likeness (QED) is 0.854. The maximum atomic E-state index is 12.4. The largest absolute Gasteiger partial charge is 0.351 e. The molecule has 0 aliphatic carbocycles. The maximum absolute atomic E-state index is 12.4. The number of rotatable bonds is 6. The standard InChI is InChI=1S/C14H23N3O2/c1-3-4-8-17(10-12-6-5-7-15-12)14(18)13-9-11(2)16-19-13/h9,12,15H,3-8,10H2,1-2H3. The minimum Gasteiger partial charge on any atom is -0.351 e. The van der Waals surface area contributed by atoms with Crippen molar-refractivity contribution in [3.8, 4) is 0 Å². The van der Waals surface area contributed by atoms with Gasteiger partial charge in [0.05, 0.1) is 5.69 Å². The molecule has 0 aromatic carbocycles. The SMILES string of the molecule is CCCCN(CC1CCCN1)C(=O)c1cc(C)no1. The molecule has 0 saturated carbocycles. The van der Waals surface area contributed by atoms with E-state index >= 15 is 0 Å². The van der Waals surface area contributed by atoms with Gasteiger partial charge in [0, 0.05) is 25.2 Å². The summed E-state index contributed by atoms with van der Waals surface area (Å²) in [5, 5.41) is 7.23. The Morgan fingerprint density at radius 3 is 3.05 bits per heavy atom. The Hall–Kier alpha value is -1.36. The van der Waals surface area contributed by atoms with Gasteiger partial charge in [-0.2, -0.15) is 0 Å². The predicted octanol–water partition coefficient (Wildman–Crippen LogP) is 1.98. The lowest BCUT2D eigenvalue weighted by Gasteiger charge is -2.24. The maximum Gasteiger partial charge on any atom is 0.292 e. The van der Waals surface area contributed by atoms with Crippen LogP contribution in [0.15, 0.2) is 10.6 Å². The molecule has 1 aromatic rings. The van der Waals surface area contributed by atoms with Crippen LogP contribution in [0, 0.1) is 6.92 Å². The molecule has 1 aliphatic rings. The first-order chi connectivity index (χ1) is 9.20. The third-order valence-electron chi connectivity index (χ3n) is 3.51. The summed E-state index contributed by atoms with van der Waals surface area (Å²) in [6.07, 6.45) is 4.44. The molecule has 0 bridgehead atoms. The van der Waals surface area contributed by atoms with Gasteiger partial charge in [0.2, 0.25) is 5.76 Å². The van der Waals surface area contributed by atoms with E-state index < -0.39 is 0 Å². The zero-order valence-electron chi connectivity index (χ0n) is 11.8. The zero-order valence-corrected chi connectivity index (χ0v) is 11.8. The lowest BCUT2D eigenvalue weighted by Crippen LogP contribution is -2.41. The van der Waals surface area contributed by atoms with E-state index in [9.17, 15) is 4.79 Å². The van der Waals surface area contributed by atoms with Crippen molar-refractivity contribution in [1.29, 1.82) is 0 Å². The summed E-state index contributed by atoms with van der Waals surface area (Å²) in [5.41, 5.74) is 0.748. The van der Waals surface area contributed by atoms with Gasteiger partial charge in [-0.25, -0.2) is 0 Å². The van der Waals surface area contributed by atoms with Crippen LogP contribution in [0.4, 0.5) is 0 Å². The smallest absolute Gasteiger partial charge is 0.292 e. The summed E-state index contributed by atoms with van der Waals surface area (Å²) >= 11 is 0. The molecule has 1 aromatic heterocycles. The van der Waals surface area contributed by atoms with Crippen LogP contribution in [0.2, 0.25) is 0 Å². The molecule has 1 atom stereocenters. The number of carbonyl (C=O) groups excluding carboxylic acids is 1. The zero-order chi connectivity index (χ0) is 13.7. The first kappa shape index (κ1) is 14.1. The van der Waals surface area contributed by atoms with Crippen LogP contribution in [0.1, 0.15) is 48.9 Å². The molecule has 1 fully saturated rings. The Balaban J connectivity index is 2.00. The van der Waals surface area contributed by atoms with Crippen LogP contribution in [0.25, 0.3) is 0 Å². The summed E-state index contributed by atoms with van der Waals surface area (Å²) in [5.74, 6) is 0.314. The van der Waals surface area contributed by atoms with Crippen molar-refractivity contribution in [3.63, 3.8) is 0 Å². The van der Waals surface area contributed by atoms with Crippen molar-refractivity contribution in [1.82, 2.24) is 15.4 Å². The number of hydrogen-bond donors (Lipinski definition) is 1. The Kier molecular flexibility index (Phi) is 4.96. The van der Waals surface area contributed by atoms with Crippen molar-refractivity contribution >= 4 is 5.91 Å². The van der Waals surface area contributed by atoms with Crippen LogP contribution >= 0.6 is 0 Å². The molecule has 106 valence electrons. The second-order valence-corrected chi connectivity index (χ2v) is 5.23. The van der Waals surface area contributed by atoms with E-state index in [0.29, 0.717) is 11.8 Å². The van der Waals surface area contributed by atoms with Crippen molar-refractivity contribution in [2.45, 2.75) is 45.6 Å². The molecular formula is C14H23N3O2. The third-order valence-corrected chi connectivity index (χ3v) is 3.51. The number of carbonyl (C=O) groups is 1. The van der Waals surface area contributed by atoms with Gasteiger partial charge in [-0.05, 0) is 32.7 Å². The van der Waals surface area contributed by atoms with Crippen LogP contribution in [0.3, 0.4) is 0 Å². The van der Waals surface area contributed by atoms with Gasteiger partial charge in [-0.3, -0.25) is 4.79 Å². The molecule has 0 spiro atoms. The summed E-state index contributed by atoms with van der Waals surface area (Å²) in [6.45, 7) is 6.57. The summed E-state index contributed by atoms with van der Waals surface area (Å²) in [6, 6.07) is 2.13. The van der Waals surface area contributed by atoms with Gasteiger partial charge >= 0.3 is 0 Å². The number of hydrogen-bond acceptors (Lipinski definition) is 4. The Morgan fingerprint density at radius 1 is 1.63 bits per heavy atom. The topological polar surface area (TPSA) is 58.4 Å². The highest BCUT2D eigenvalue weighted by Crippen LogP contribution is 2.12. The van der Waals surface area contributed by atoms with E-state index in [2.05, 4.69) is 17.4 Å². The van der Waals surface area contributed by atoms with Crippen LogP contribution in [-0.4, -0.2) is 41.6 Å². The van der Waals surface area contributed by atoms with Gasteiger partial charge < -0.3 is 14.7 Å². The van der Waals surface area contributed by atoms with Crippen molar-refractivity contribution in [3.05, 3.63) is 17.5 Å². The van der Waals surface area contributed by atoms with E-state index in [4.69, 9.17) is 4.52 Å². The Labute approximate surface area is 114 Å². The van der Waals surface area contributed by atoms with Gasteiger partial charge in [0.1, 0.15) is 0 Å². The molecule has 0 radical (unpaired) electrons. The molecule has 1 aliphatic heterocycles. The van der Waals surface area contributed by atoms with Crippen LogP contribution < -0.4 is 5.32 Å². The number of aromatic nitrogens is 1. The van der Waals surface area contributed by atoms with Gasteiger partial charge in [-0.1, -0.05) is 18.5 Å². The summed E-state index contributed by atoms with van der Waals surface area (Å²) in [4.78, 5) is 14.3. The number of nitrogens with one attached hydrogen (secondary N) is 1. The van der Waals surface area contributed by atoms with E-state index in [1.807, 2.05) is 11.8 Å². The second kappa shape index (κ2) is 6.70. The first-order valence-electron chi connectivity index (χ1n) is 7.16. The summed E-state index contributed by atoms with van der Waals surface area (Å²) in [7, 11) is 0. The fourth-order valence-electron chi connectivity index (χ4n) is 2.42. The molecule has 5 heteroatoms. The van der Waals surface area contributed by atoms with E-state index in [1.165, 1.54) is 6.42 Å². The summed E-state index contributed by atoms with van der Waals surface area (Å²) < 4.78 is 5.09. The molecule has 1 saturated heterocycles. The highest BCUT2D eigenvalue weighted by Gasteiger charge is 2.24. The van der Waals surface area contributed by atoms with Gasteiger partial charge in [-0.15, -0.1) is 0 Å². The number of nitrogens with zero attached hydrogens (tertiary/aromatic N) is 2. The molecule has 2 heterocycles. The molecule has 2 rings (SSSR count).